The molecule has 3 heteroatoms. The standard InChI is InChI=1S/C21H18O2S/c1-3-4-21(22)23-19-12-10-17(11-13-19)16-6-8-18(9-7-16)20-14-5-15(2)24-20/h3-14H,1-2H3. The van der Waals surface area contributed by atoms with Gasteiger partial charge in [-0.15, -0.1) is 11.3 Å². The number of hydrogen-bond acceptors (Lipinski definition) is 3. The molecular formula is C21H18O2S. The predicted octanol–water partition coefficient (Wildman–Crippen LogP) is 5.87. The van der Waals surface area contributed by atoms with Crippen LogP contribution in [0.1, 0.15) is 11.8 Å². The zero-order valence-corrected chi connectivity index (χ0v) is 14.5. The summed E-state index contributed by atoms with van der Waals surface area (Å²) in [4.78, 5) is 14.0. The first-order valence-corrected chi connectivity index (χ1v) is 8.59. The van der Waals surface area contributed by atoms with Gasteiger partial charge in [0.05, 0.1) is 0 Å². The van der Waals surface area contributed by atoms with Crippen molar-refractivity contribution in [2.45, 2.75) is 13.8 Å². The maximum absolute atomic E-state index is 11.4. The molecule has 1 heterocycles. The van der Waals surface area contributed by atoms with E-state index in [2.05, 4.69) is 43.3 Å². The smallest absolute Gasteiger partial charge is 0.335 e. The fourth-order valence-corrected chi connectivity index (χ4v) is 3.29. The minimum Gasteiger partial charge on any atom is -0.423 e. The molecule has 0 saturated carbocycles. The Hall–Kier alpha value is -2.65. The lowest BCUT2D eigenvalue weighted by Crippen LogP contribution is -2.03. The van der Waals surface area contributed by atoms with Crippen molar-refractivity contribution in [3.8, 4) is 27.3 Å². The average molecular weight is 334 g/mol. The first kappa shape index (κ1) is 16.2. The minimum atomic E-state index is -0.360. The van der Waals surface area contributed by atoms with Crippen molar-refractivity contribution in [1.29, 1.82) is 0 Å². The van der Waals surface area contributed by atoms with Crippen molar-refractivity contribution >= 4 is 17.3 Å². The number of hydrogen-bond donors (Lipinski definition) is 0. The Morgan fingerprint density at radius 2 is 1.46 bits per heavy atom. The molecule has 0 amide bonds. The van der Waals surface area contributed by atoms with E-state index in [1.54, 1.807) is 24.3 Å². The third-order valence-corrected chi connectivity index (χ3v) is 4.67. The Labute approximate surface area is 146 Å². The topological polar surface area (TPSA) is 26.3 Å². The van der Waals surface area contributed by atoms with Gasteiger partial charge in [0.1, 0.15) is 5.75 Å². The molecule has 0 aliphatic carbocycles. The number of ether oxygens (including phenoxy) is 1. The molecule has 0 N–H and O–H groups in total. The molecule has 0 unspecified atom stereocenters. The van der Waals surface area contributed by atoms with E-state index in [0.717, 1.165) is 11.1 Å². The van der Waals surface area contributed by atoms with Gasteiger partial charge < -0.3 is 4.74 Å². The van der Waals surface area contributed by atoms with Gasteiger partial charge in [-0.05, 0) is 54.8 Å². The summed E-state index contributed by atoms with van der Waals surface area (Å²) in [6, 6.07) is 20.4. The van der Waals surface area contributed by atoms with Crippen molar-refractivity contribution in [2.75, 3.05) is 0 Å². The second kappa shape index (κ2) is 7.28. The Morgan fingerprint density at radius 3 is 2.00 bits per heavy atom. The number of esters is 1. The van der Waals surface area contributed by atoms with Gasteiger partial charge in [0.2, 0.25) is 0 Å². The SMILES string of the molecule is CC=CC(=O)Oc1ccc(-c2ccc(-c3ccc(C)s3)cc2)cc1. The number of aryl methyl sites for hydroxylation is 1. The second-order valence-corrected chi connectivity index (χ2v) is 6.72. The fourth-order valence-electron chi connectivity index (χ4n) is 2.42. The van der Waals surface area contributed by atoms with Crippen LogP contribution in [0.25, 0.3) is 21.6 Å². The highest BCUT2D eigenvalue weighted by Crippen LogP contribution is 2.30. The molecule has 24 heavy (non-hydrogen) atoms. The van der Waals surface area contributed by atoms with Crippen LogP contribution < -0.4 is 4.74 Å². The number of thiophene rings is 1. The van der Waals surface area contributed by atoms with E-state index in [9.17, 15) is 4.79 Å². The monoisotopic (exact) mass is 334 g/mol. The molecule has 0 aliphatic rings. The summed E-state index contributed by atoms with van der Waals surface area (Å²) >= 11 is 1.80. The van der Waals surface area contributed by atoms with Crippen molar-refractivity contribution in [3.05, 3.63) is 77.7 Å². The fraction of sp³-hybridized carbons (Fsp3) is 0.0952. The zero-order chi connectivity index (χ0) is 16.9. The maximum atomic E-state index is 11.4. The van der Waals surface area contributed by atoms with E-state index in [1.165, 1.54) is 21.4 Å². The van der Waals surface area contributed by atoms with Crippen molar-refractivity contribution in [3.63, 3.8) is 0 Å². The third-order valence-electron chi connectivity index (χ3n) is 3.62. The van der Waals surface area contributed by atoms with Gasteiger partial charge in [-0.25, -0.2) is 4.79 Å². The lowest BCUT2D eigenvalue weighted by Gasteiger charge is -2.05. The summed E-state index contributed by atoms with van der Waals surface area (Å²) in [7, 11) is 0. The van der Waals surface area contributed by atoms with E-state index in [4.69, 9.17) is 4.74 Å². The highest BCUT2D eigenvalue weighted by Gasteiger charge is 2.04. The van der Waals surface area contributed by atoms with Gasteiger partial charge in [0.25, 0.3) is 0 Å². The first-order chi connectivity index (χ1) is 11.7. The number of benzene rings is 2. The summed E-state index contributed by atoms with van der Waals surface area (Å²) in [5, 5.41) is 0. The van der Waals surface area contributed by atoms with Crippen LogP contribution in [0.5, 0.6) is 5.75 Å². The molecule has 0 aliphatic heterocycles. The van der Waals surface area contributed by atoms with E-state index in [1.807, 2.05) is 24.3 Å². The van der Waals surface area contributed by atoms with E-state index in [-0.39, 0.29) is 5.97 Å². The van der Waals surface area contributed by atoms with Gasteiger partial charge in [-0.1, -0.05) is 42.5 Å². The number of carbonyl (C=O) groups is 1. The van der Waals surface area contributed by atoms with Crippen LogP contribution in [0.3, 0.4) is 0 Å². The molecule has 0 saturated heterocycles. The van der Waals surface area contributed by atoms with Gasteiger partial charge in [0, 0.05) is 15.8 Å². The van der Waals surface area contributed by atoms with Crippen LogP contribution in [-0.4, -0.2) is 5.97 Å². The normalized spacial score (nSPS) is 10.9. The molecule has 0 spiro atoms. The van der Waals surface area contributed by atoms with Crippen LogP contribution in [-0.2, 0) is 4.79 Å². The largest absolute Gasteiger partial charge is 0.423 e. The Kier molecular flexibility index (Phi) is 4.92. The summed E-state index contributed by atoms with van der Waals surface area (Å²) in [6.07, 6.45) is 3.06. The Bertz CT molecular complexity index is 856. The van der Waals surface area contributed by atoms with Crippen LogP contribution in [0.15, 0.2) is 72.8 Å². The number of allylic oxidation sites excluding steroid dienone is 1. The van der Waals surface area contributed by atoms with Gasteiger partial charge in [-0.3, -0.25) is 0 Å². The Balaban J connectivity index is 1.76. The predicted molar refractivity (Wildman–Crippen MR) is 100 cm³/mol. The lowest BCUT2D eigenvalue weighted by molar-refractivity contribution is -0.129. The maximum Gasteiger partial charge on any atom is 0.335 e. The highest BCUT2D eigenvalue weighted by molar-refractivity contribution is 7.15. The van der Waals surface area contributed by atoms with Gasteiger partial charge >= 0.3 is 5.97 Å². The number of carbonyl (C=O) groups excluding carboxylic acids is 1. The van der Waals surface area contributed by atoms with E-state index < -0.39 is 0 Å². The first-order valence-electron chi connectivity index (χ1n) is 7.77. The molecule has 120 valence electrons. The zero-order valence-electron chi connectivity index (χ0n) is 13.7. The minimum absolute atomic E-state index is 0.360. The van der Waals surface area contributed by atoms with Crippen molar-refractivity contribution in [1.82, 2.24) is 0 Å². The van der Waals surface area contributed by atoms with E-state index in [0.29, 0.717) is 5.75 Å². The van der Waals surface area contributed by atoms with Crippen molar-refractivity contribution < 1.29 is 9.53 Å². The lowest BCUT2D eigenvalue weighted by atomic mass is 10.0. The highest BCUT2D eigenvalue weighted by atomic mass is 32.1. The molecule has 3 aromatic rings. The summed E-state index contributed by atoms with van der Waals surface area (Å²) in [5.41, 5.74) is 3.46. The van der Waals surface area contributed by atoms with Crippen LogP contribution in [0, 0.1) is 6.92 Å². The van der Waals surface area contributed by atoms with Crippen LogP contribution in [0.2, 0.25) is 0 Å². The van der Waals surface area contributed by atoms with Crippen LogP contribution >= 0.6 is 11.3 Å². The van der Waals surface area contributed by atoms with E-state index >= 15 is 0 Å². The summed E-state index contributed by atoms with van der Waals surface area (Å²) < 4.78 is 5.20. The molecule has 2 aromatic carbocycles. The van der Waals surface area contributed by atoms with Crippen LogP contribution in [0.4, 0.5) is 0 Å². The van der Waals surface area contributed by atoms with Gasteiger partial charge in [0.15, 0.2) is 0 Å². The summed E-state index contributed by atoms with van der Waals surface area (Å²) in [5.74, 6) is 0.188. The molecule has 3 rings (SSSR count). The molecule has 0 atom stereocenters. The summed E-state index contributed by atoms with van der Waals surface area (Å²) in [6.45, 7) is 3.90. The third kappa shape index (κ3) is 3.81. The molecular weight excluding hydrogens is 316 g/mol. The quantitative estimate of drug-likeness (QED) is 0.339. The average Bonchev–Trinajstić information content (AvgIpc) is 3.02. The van der Waals surface area contributed by atoms with Gasteiger partial charge in [-0.2, -0.15) is 0 Å². The molecule has 1 aromatic heterocycles. The molecule has 0 fully saturated rings. The molecule has 0 bridgehead atoms. The molecule has 2 nitrogen and oxygen atoms in total. The molecule has 0 radical (unpaired) electrons. The number of rotatable bonds is 4. The second-order valence-electron chi connectivity index (χ2n) is 5.43. The Morgan fingerprint density at radius 1 is 0.875 bits per heavy atom. The van der Waals surface area contributed by atoms with Crippen molar-refractivity contribution in [2.24, 2.45) is 0 Å².